The van der Waals surface area contributed by atoms with Crippen LogP contribution in [0.4, 0.5) is 0 Å². The van der Waals surface area contributed by atoms with Crippen molar-refractivity contribution in [2.75, 3.05) is 26.2 Å². The van der Waals surface area contributed by atoms with E-state index in [0.717, 1.165) is 49.3 Å². The molecule has 0 saturated carbocycles. The predicted octanol–water partition coefficient (Wildman–Crippen LogP) is 2.28. The first-order valence-electron chi connectivity index (χ1n) is 6.03. The third-order valence-electron chi connectivity index (χ3n) is 2.93. The second-order valence-electron chi connectivity index (χ2n) is 4.40. The van der Waals surface area contributed by atoms with E-state index < -0.39 is 0 Å². The van der Waals surface area contributed by atoms with Crippen LogP contribution in [0, 0.1) is 0 Å². The Labute approximate surface area is 111 Å². The van der Waals surface area contributed by atoms with Gasteiger partial charge in [-0.15, -0.1) is 0 Å². The number of aliphatic hydroxyl groups is 1. The van der Waals surface area contributed by atoms with Gasteiger partial charge in [-0.05, 0) is 31.0 Å². The van der Waals surface area contributed by atoms with Gasteiger partial charge in [0.25, 0.3) is 0 Å². The summed E-state index contributed by atoms with van der Waals surface area (Å²) in [5, 5.41) is 9.39. The summed E-state index contributed by atoms with van der Waals surface area (Å²) in [6, 6.07) is 7.89. The second-order valence-corrected chi connectivity index (χ2v) is 5.32. The standard InChI is InChI=1S/C13H18BrNO2/c14-11-3-1-4-13(9-11)17-8-2-6-15-7-5-12(16)10-15/h1,3-4,9,12,16H,2,5-8,10H2. The van der Waals surface area contributed by atoms with Gasteiger partial charge in [0, 0.05) is 24.1 Å². The highest BCUT2D eigenvalue weighted by Crippen LogP contribution is 2.18. The zero-order chi connectivity index (χ0) is 12.1. The minimum absolute atomic E-state index is 0.124. The minimum Gasteiger partial charge on any atom is -0.494 e. The number of halogens is 1. The zero-order valence-corrected chi connectivity index (χ0v) is 11.4. The van der Waals surface area contributed by atoms with E-state index in [1.807, 2.05) is 24.3 Å². The normalized spacial score (nSPS) is 20.7. The van der Waals surface area contributed by atoms with Gasteiger partial charge in [0.2, 0.25) is 0 Å². The molecule has 0 amide bonds. The van der Waals surface area contributed by atoms with Gasteiger partial charge < -0.3 is 14.7 Å². The number of β-amino-alcohol motifs (C(OH)–C–C–N with tert-alkyl or cyclic N) is 1. The van der Waals surface area contributed by atoms with Crippen molar-refractivity contribution in [3.63, 3.8) is 0 Å². The van der Waals surface area contributed by atoms with Crippen LogP contribution in [0.5, 0.6) is 5.75 Å². The molecule has 2 rings (SSSR count). The van der Waals surface area contributed by atoms with Crippen molar-refractivity contribution in [2.45, 2.75) is 18.9 Å². The maximum absolute atomic E-state index is 9.39. The van der Waals surface area contributed by atoms with Crippen molar-refractivity contribution in [3.8, 4) is 5.75 Å². The fraction of sp³-hybridized carbons (Fsp3) is 0.538. The maximum atomic E-state index is 9.39. The molecule has 1 aliphatic heterocycles. The Morgan fingerprint density at radius 3 is 3.06 bits per heavy atom. The fourth-order valence-electron chi connectivity index (χ4n) is 2.05. The van der Waals surface area contributed by atoms with Crippen molar-refractivity contribution in [2.24, 2.45) is 0 Å². The van der Waals surface area contributed by atoms with Gasteiger partial charge in [0.15, 0.2) is 0 Å². The molecule has 0 spiro atoms. The van der Waals surface area contributed by atoms with Gasteiger partial charge in [-0.25, -0.2) is 0 Å². The van der Waals surface area contributed by atoms with Gasteiger partial charge >= 0.3 is 0 Å². The number of nitrogens with zero attached hydrogens (tertiary/aromatic N) is 1. The molecule has 4 heteroatoms. The monoisotopic (exact) mass is 299 g/mol. The lowest BCUT2D eigenvalue weighted by atomic mass is 10.3. The van der Waals surface area contributed by atoms with E-state index in [4.69, 9.17) is 4.74 Å². The Bertz CT molecular complexity index is 359. The fourth-order valence-corrected chi connectivity index (χ4v) is 2.43. The van der Waals surface area contributed by atoms with Gasteiger partial charge in [-0.3, -0.25) is 0 Å². The SMILES string of the molecule is OC1CCN(CCCOc2cccc(Br)c2)C1. The summed E-state index contributed by atoms with van der Waals surface area (Å²) in [7, 11) is 0. The predicted molar refractivity (Wildman–Crippen MR) is 71.3 cm³/mol. The first-order valence-corrected chi connectivity index (χ1v) is 6.82. The molecule has 1 aliphatic rings. The molecule has 1 unspecified atom stereocenters. The molecule has 0 aromatic heterocycles. The van der Waals surface area contributed by atoms with Crippen LogP contribution >= 0.6 is 15.9 Å². The number of aliphatic hydroxyl groups excluding tert-OH is 1. The Kier molecular flexibility index (Phi) is 4.83. The van der Waals surface area contributed by atoms with Crippen LogP contribution in [0.25, 0.3) is 0 Å². The summed E-state index contributed by atoms with van der Waals surface area (Å²) in [6.45, 7) is 3.56. The molecule has 1 atom stereocenters. The molecular weight excluding hydrogens is 282 g/mol. The summed E-state index contributed by atoms with van der Waals surface area (Å²) in [4.78, 5) is 2.29. The highest BCUT2D eigenvalue weighted by Gasteiger charge is 2.18. The average Bonchev–Trinajstić information content (AvgIpc) is 2.71. The van der Waals surface area contributed by atoms with E-state index in [1.165, 1.54) is 0 Å². The first-order chi connectivity index (χ1) is 8.24. The molecule has 1 aromatic rings. The van der Waals surface area contributed by atoms with E-state index in [1.54, 1.807) is 0 Å². The molecular formula is C13H18BrNO2. The van der Waals surface area contributed by atoms with Gasteiger partial charge in [0.1, 0.15) is 5.75 Å². The quantitative estimate of drug-likeness (QED) is 0.847. The van der Waals surface area contributed by atoms with Crippen molar-refractivity contribution >= 4 is 15.9 Å². The number of likely N-dealkylation sites (tertiary alicyclic amines) is 1. The smallest absolute Gasteiger partial charge is 0.120 e. The highest BCUT2D eigenvalue weighted by molar-refractivity contribution is 9.10. The molecule has 0 bridgehead atoms. The summed E-state index contributed by atoms with van der Waals surface area (Å²) in [5.74, 6) is 0.904. The number of ether oxygens (including phenoxy) is 1. The molecule has 94 valence electrons. The van der Waals surface area contributed by atoms with E-state index in [-0.39, 0.29) is 6.10 Å². The van der Waals surface area contributed by atoms with Crippen LogP contribution in [-0.4, -0.2) is 42.4 Å². The van der Waals surface area contributed by atoms with Crippen LogP contribution in [0.1, 0.15) is 12.8 Å². The van der Waals surface area contributed by atoms with Crippen LogP contribution in [0.2, 0.25) is 0 Å². The van der Waals surface area contributed by atoms with Gasteiger partial charge in [-0.2, -0.15) is 0 Å². The van der Waals surface area contributed by atoms with Crippen molar-refractivity contribution in [1.29, 1.82) is 0 Å². The molecule has 1 fully saturated rings. The number of hydrogen-bond acceptors (Lipinski definition) is 3. The number of rotatable bonds is 5. The average molecular weight is 300 g/mol. The van der Waals surface area contributed by atoms with E-state index >= 15 is 0 Å². The van der Waals surface area contributed by atoms with Crippen LogP contribution in [0.3, 0.4) is 0 Å². The Balaban J connectivity index is 1.63. The first kappa shape index (κ1) is 12.9. The maximum Gasteiger partial charge on any atom is 0.120 e. The third kappa shape index (κ3) is 4.30. The molecule has 0 radical (unpaired) electrons. The summed E-state index contributed by atoms with van der Waals surface area (Å²) in [6.07, 6.45) is 1.78. The topological polar surface area (TPSA) is 32.7 Å². The summed E-state index contributed by atoms with van der Waals surface area (Å²) in [5.41, 5.74) is 0. The van der Waals surface area contributed by atoms with E-state index in [0.29, 0.717) is 0 Å². The highest BCUT2D eigenvalue weighted by atomic mass is 79.9. The van der Waals surface area contributed by atoms with E-state index in [2.05, 4.69) is 20.8 Å². The van der Waals surface area contributed by atoms with Crippen molar-refractivity contribution < 1.29 is 9.84 Å². The van der Waals surface area contributed by atoms with Crippen LogP contribution in [0.15, 0.2) is 28.7 Å². The molecule has 0 aliphatic carbocycles. The lowest BCUT2D eigenvalue weighted by Gasteiger charge is -2.14. The summed E-state index contributed by atoms with van der Waals surface area (Å²) >= 11 is 3.42. The Morgan fingerprint density at radius 1 is 1.47 bits per heavy atom. The Morgan fingerprint density at radius 2 is 2.35 bits per heavy atom. The van der Waals surface area contributed by atoms with Gasteiger partial charge in [0.05, 0.1) is 12.7 Å². The second kappa shape index (κ2) is 6.38. The van der Waals surface area contributed by atoms with Crippen molar-refractivity contribution in [3.05, 3.63) is 28.7 Å². The van der Waals surface area contributed by atoms with Crippen molar-refractivity contribution in [1.82, 2.24) is 4.90 Å². The minimum atomic E-state index is -0.124. The number of benzene rings is 1. The van der Waals surface area contributed by atoms with Crippen LogP contribution in [-0.2, 0) is 0 Å². The Hall–Kier alpha value is -0.580. The van der Waals surface area contributed by atoms with E-state index in [9.17, 15) is 5.11 Å². The summed E-state index contributed by atoms with van der Waals surface area (Å²) < 4.78 is 6.69. The molecule has 1 saturated heterocycles. The molecule has 1 aromatic carbocycles. The lowest BCUT2D eigenvalue weighted by Crippen LogP contribution is -2.24. The largest absolute Gasteiger partial charge is 0.494 e. The molecule has 1 N–H and O–H groups in total. The van der Waals surface area contributed by atoms with Gasteiger partial charge in [-0.1, -0.05) is 22.0 Å². The lowest BCUT2D eigenvalue weighted by molar-refractivity contribution is 0.173. The third-order valence-corrected chi connectivity index (χ3v) is 3.42. The molecule has 3 nitrogen and oxygen atoms in total. The van der Waals surface area contributed by atoms with Crippen LogP contribution < -0.4 is 4.74 Å². The number of hydrogen-bond donors (Lipinski definition) is 1. The zero-order valence-electron chi connectivity index (χ0n) is 9.81. The molecule has 1 heterocycles. The molecule has 17 heavy (non-hydrogen) atoms.